The summed E-state index contributed by atoms with van der Waals surface area (Å²) in [5.41, 5.74) is 0. The van der Waals surface area contributed by atoms with Gasteiger partial charge in [-0.15, -0.1) is 0 Å². The van der Waals surface area contributed by atoms with Crippen LogP contribution >= 0.6 is 0 Å². The molecular weight excluding hydrogens is 216 g/mol. The number of hydrogen-bond donors (Lipinski definition) is 2. The lowest BCUT2D eigenvalue weighted by Crippen LogP contribution is -2.42. The standard InChI is InChI=1S/C13H28N2O2/c1-3-14-13(4-7-16)11-15(2)10-12-5-8-17-9-6-12/h12-14,16H,3-11H2,1-2H3. The van der Waals surface area contributed by atoms with Crippen LogP contribution in [0.3, 0.4) is 0 Å². The van der Waals surface area contributed by atoms with Crippen molar-refractivity contribution >= 4 is 0 Å². The fourth-order valence-electron chi connectivity index (χ4n) is 2.52. The van der Waals surface area contributed by atoms with Gasteiger partial charge in [0.1, 0.15) is 0 Å². The van der Waals surface area contributed by atoms with Gasteiger partial charge in [0.25, 0.3) is 0 Å². The summed E-state index contributed by atoms with van der Waals surface area (Å²) in [7, 11) is 2.18. The lowest BCUT2D eigenvalue weighted by atomic mass is 9.99. The van der Waals surface area contributed by atoms with E-state index in [0.717, 1.165) is 45.2 Å². The highest BCUT2D eigenvalue weighted by molar-refractivity contribution is 4.73. The van der Waals surface area contributed by atoms with Gasteiger partial charge < -0.3 is 20.1 Å². The Morgan fingerprint density at radius 1 is 1.41 bits per heavy atom. The zero-order valence-electron chi connectivity index (χ0n) is 11.3. The molecule has 102 valence electrons. The Morgan fingerprint density at radius 2 is 2.12 bits per heavy atom. The van der Waals surface area contributed by atoms with E-state index in [1.165, 1.54) is 12.8 Å². The van der Waals surface area contributed by atoms with Gasteiger partial charge in [0, 0.05) is 39.0 Å². The molecule has 4 heteroatoms. The number of rotatable bonds is 8. The second kappa shape index (κ2) is 8.86. The normalized spacial score (nSPS) is 19.8. The lowest BCUT2D eigenvalue weighted by molar-refractivity contribution is 0.0544. The average molecular weight is 244 g/mol. The Bertz CT molecular complexity index is 178. The first kappa shape index (κ1) is 14.9. The van der Waals surface area contributed by atoms with E-state index in [4.69, 9.17) is 9.84 Å². The van der Waals surface area contributed by atoms with Crippen LogP contribution in [0.1, 0.15) is 26.2 Å². The molecule has 1 aliphatic heterocycles. The first-order valence-electron chi connectivity index (χ1n) is 6.86. The van der Waals surface area contributed by atoms with Gasteiger partial charge in [-0.1, -0.05) is 6.92 Å². The van der Waals surface area contributed by atoms with Crippen molar-refractivity contribution in [1.82, 2.24) is 10.2 Å². The molecule has 0 aromatic heterocycles. The average Bonchev–Trinajstić information content (AvgIpc) is 2.30. The molecule has 1 fully saturated rings. The van der Waals surface area contributed by atoms with Gasteiger partial charge in [0.2, 0.25) is 0 Å². The van der Waals surface area contributed by atoms with Crippen LogP contribution in [0, 0.1) is 5.92 Å². The van der Waals surface area contributed by atoms with Crippen molar-refractivity contribution in [2.75, 3.05) is 46.5 Å². The third-order valence-electron chi connectivity index (χ3n) is 3.41. The lowest BCUT2D eigenvalue weighted by Gasteiger charge is -2.29. The Labute approximate surface area is 105 Å². The molecule has 1 saturated heterocycles. The minimum absolute atomic E-state index is 0.267. The van der Waals surface area contributed by atoms with E-state index in [2.05, 4.69) is 24.2 Å². The minimum Gasteiger partial charge on any atom is -0.396 e. The van der Waals surface area contributed by atoms with Crippen LogP contribution in [0.25, 0.3) is 0 Å². The van der Waals surface area contributed by atoms with Crippen LogP contribution in [0.5, 0.6) is 0 Å². The summed E-state index contributed by atoms with van der Waals surface area (Å²) in [6, 6.07) is 0.412. The Hall–Kier alpha value is -0.160. The van der Waals surface area contributed by atoms with Crippen molar-refractivity contribution in [2.24, 2.45) is 5.92 Å². The Balaban J connectivity index is 2.22. The van der Waals surface area contributed by atoms with E-state index < -0.39 is 0 Å². The highest BCUT2D eigenvalue weighted by Crippen LogP contribution is 2.15. The van der Waals surface area contributed by atoms with Gasteiger partial charge in [-0.05, 0) is 38.8 Å². The van der Waals surface area contributed by atoms with E-state index in [9.17, 15) is 0 Å². The van der Waals surface area contributed by atoms with E-state index in [-0.39, 0.29) is 6.61 Å². The second-order valence-electron chi connectivity index (χ2n) is 5.04. The van der Waals surface area contributed by atoms with E-state index in [1.54, 1.807) is 0 Å². The van der Waals surface area contributed by atoms with E-state index >= 15 is 0 Å². The molecular formula is C13H28N2O2. The number of aliphatic hydroxyl groups is 1. The minimum atomic E-state index is 0.267. The van der Waals surface area contributed by atoms with Crippen molar-refractivity contribution in [3.8, 4) is 0 Å². The number of likely N-dealkylation sites (N-methyl/N-ethyl adjacent to an activating group) is 2. The summed E-state index contributed by atoms with van der Waals surface area (Å²) < 4.78 is 5.38. The number of aliphatic hydroxyl groups excluding tert-OH is 1. The van der Waals surface area contributed by atoms with Crippen LogP contribution in [-0.2, 0) is 4.74 Å². The van der Waals surface area contributed by atoms with E-state index in [1.807, 2.05) is 0 Å². The largest absolute Gasteiger partial charge is 0.396 e. The highest BCUT2D eigenvalue weighted by atomic mass is 16.5. The summed E-state index contributed by atoms with van der Waals surface area (Å²) in [6.07, 6.45) is 3.22. The summed E-state index contributed by atoms with van der Waals surface area (Å²) in [5.74, 6) is 0.783. The third-order valence-corrected chi connectivity index (χ3v) is 3.41. The molecule has 0 aromatic rings. The first-order chi connectivity index (χ1) is 8.26. The van der Waals surface area contributed by atoms with Crippen LogP contribution < -0.4 is 5.32 Å². The fourth-order valence-corrected chi connectivity index (χ4v) is 2.52. The molecule has 0 aromatic carbocycles. The molecule has 0 amide bonds. The molecule has 1 atom stereocenters. The zero-order chi connectivity index (χ0) is 12.5. The molecule has 1 unspecified atom stereocenters. The Morgan fingerprint density at radius 3 is 2.71 bits per heavy atom. The smallest absolute Gasteiger partial charge is 0.0469 e. The summed E-state index contributed by atoms with van der Waals surface area (Å²) in [5, 5.41) is 12.4. The van der Waals surface area contributed by atoms with Crippen molar-refractivity contribution in [1.29, 1.82) is 0 Å². The van der Waals surface area contributed by atoms with Gasteiger partial charge in [-0.25, -0.2) is 0 Å². The maximum absolute atomic E-state index is 9.02. The molecule has 0 bridgehead atoms. The monoisotopic (exact) mass is 244 g/mol. The molecule has 0 radical (unpaired) electrons. The van der Waals surface area contributed by atoms with Crippen molar-refractivity contribution in [2.45, 2.75) is 32.2 Å². The van der Waals surface area contributed by atoms with Crippen LogP contribution in [0.4, 0.5) is 0 Å². The summed E-state index contributed by atoms with van der Waals surface area (Å²) in [6.45, 7) is 7.36. The van der Waals surface area contributed by atoms with Gasteiger partial charge >= 0.3 is 0 Å². The third kappa shape index (κ3) is 6.36. The zero-order valence-corrected chi connectivity index (χ0v) is 11.3. The number of nitrogens with one attached hydrogen (secondary N) is 1. The summed E-state index contributed by atoms with van der Waals surface area (Å²) >= 11 is 0. The SMILES string of the molecule is CCNC(CCO)CN(C)CC1CCOCC1. The predicted molar refractivity (Wildman–Crippen MR) is 70.2 cm³/mol. The van der Waals surface area contributed by atoms with E-state index in [0.29, 0.717) is 6.04 Å². The van der Waals surface area contributed by atoms with Gasteiger partial charge in [-0.3, -0.25) is 0 Å². The topological polar surface area (TPSA) is 44.7 Å². The number of nitrogens with zero attached hydrogens (tertiary/aromatic N) is 1. The molecule has 0 saturated carbocycles. The number of hydrogen-bond acceptors (Lipinski definition) is 4. The quantitative estimate of drug-likeness (QED) is 0.660. The highest BCUT2D eigenvalue weighted by Gasteiger charge is 2.17. The first-order valence-corrected chi connectivity index (χ1v) is 6.86. The molecule has 1 aliphatic rings. The fraction of sp³-hybridized carbons (Fsp3) is 1.00. The molecule has 1 heterocycles. The molecule has 0 aliphatic carbocycles. The number of ether oxygens (including phenoxy) is 1. The molecule has 0 spiro atoms. The van der Waals surface area contributed by atoms with Gasteiger partial charge in [0.15, 0.2) is 0 Å². The molecule has 17 heavy (non-hydrogen) atoms. The van der Waals surface area contributed by atoms with Crippen molar-refractivity contribution in [3.05, 3.63) is 0 Å². The summed E-state index contributed by atoms with van der Waals surface area (Å²) in [4.78, 5) is 2.39. The maximum atomic E-state index is 9.02. The van der Waals surface area contributed by atoms with Crippen LogP contribution in [0.2, 0.25) is 0 Å². The maximum Gasteiger partial charge on any atom is 0.0469 e. The Kier molecular flexibility index (Phi) is 7.77. The van der Waals surface area contributed by atoms with Crippen LogP contribution in [0.15, 0.2) is 0 Å². The molecule has 4 nitrogen and oxygen atoms in total. The van der Waals surface area contributed by atoms with Crippen molar-refractivity contribution < 1.29 is 9.84 Å². The van der Waals surface area contributed by atoms with Crippen LogP contribution in [-0.4, -0.2) is 62.6 Å². The van der Waals surface area contributed by atoms with Crippen molar-refractivity contribution in [3.63, 3.8) is 0 Å². The predicted octanol–water partition coefficient (Wildman–Crippen LogP) is 0.705. The molecule has 2 N–H and O–H groups in total. The van der Waals surface area contributed by atoms with Gasteiger partial charge in [0.05, 0.1) is 0 Å². The molecule has 1 rings (SSSR count). The van der Waals surface area contributed by atoms with Gasteiger partial charge in [-0.2, -0.15) is 0 Å². The second-order valence-corrected chi connectivity index (χ2v) is 5.04.